The van der Waals surface area contributed by atoms with Crippen LogP contribution in [0.25, 0.3) is 0 Å². The Morgan fingerprint density at radius 3 is 2.40 bits per heavy atom. The molecule has 4 nitrogen and oxygen atoms in total. The van der Waals surface area contributed by atoms with Crippen molar-refractivity contribution < 1.29 is 13.4 Å². The first-order valence-corrected chi connectivity index (χ1v) is 7.64. The molecule has 0 aliphatic carbocycles. The van der Waals surface area contributed by atoms with Gasteiger partial charge in [0.2, 0.25) is 0 Å². The van der Waals surface area contributed by atoms with E-state index in [1.165, 1.54) is 0 Å². The lowest BCUT2D eigenvalue weighted by molar-refractivity contribution is 0.0959. The Labute approximate surface area is 123 Å². The van der Waals surface area contributed by atoms with E-state index in [0.717, 1.165) is 0 Å². The highest BCUT2D eigenvalue weighted by molar-refractivity contribution is 7.84. The van der Waals surface area contributed by atoms with Crippen molar-refractivity contribution in [2.75, 3.05) is 0 Å². The van der Waals surface area contributed by atoms with Gasteiger partial charge >= 0.3 is 0 Å². The summed E-state index contributed by atoms with van der Waals surface area (Å²) in [5.41, 5.74) is -0.343. The number of ether oxygens (including phenoxy) is 1. The zero-order chi connectivity index (χ0) is 15.4. The maximum absolute atomic E-state index is 12.2. The van der Waals surface area contributed by atoms with Crippen LogP contribution in [-0.2, 0) is 15.7 Å². The van der Waals surface area contributed by atoms with E-state index in [0.29, 0.717) is 5.76 Å². The second-order valence-electron chi connectivity index (χ2n) is 6.41. The van der Waals surface area contributed by atoms with Gasteiger partial charge in [-0.2, -0.15) is 0 Å². The molecule has 1 rings (SSSR count). The minimum absolute atomic E-state index is 0.343. The highest BCUT2D eigenvalue weighted by atomic mass is 32.2. The van der Waals surface area contributed by atoms with Gasteiger partial charge in [-0.15, -0.1) is 0 Å². The summed E-state index contributed by atoms with van der Waals surface area (Å²) in [6, 6.07) is 3.10. The van der Waals surface area contributed by atoms with Gasteiger partial charge in [-0.05, 0) is 59.6 Å². The molecule has 1 unspecified atom stereocenters. The van der Waals surface area contributed by atoms with E-state index in [2.05, 4.69) is 16.7 Å². The lowest BCUT2D eigenvalue weighted by Crippen LogP contribution is -2.35. The predicted octanol–water partition coefficient (Wildman–Crippen LogP) is 3.15. The summed E-state index contributed by atoms with van der Waals surface area (Å²) in [4.78, 5) is 0. The standard InChI is InChI=1S/C15H23NO3S/c1-14(2,3)19-11-9-12(13-8-7-10-18-13)16-20(17)15(4,5)6/h7-8,10,12,16H,1-6H3/t12-,20?/m0/s1. The van der Waals surface area contributed by atoms with Crippen molar-refractivity contribution in [3.05, 3.63) is 24.2 Å². The van der Waals surface area contributed by atoms with Crippen LogP contribution < -0.4 is 4.72 Å². The van der Waals surface area contributed by atoms with Crippen LogP contribution in [0, 0.1) is 12.0 Å². The molecule has 0 radical (unpaired) electrons. The molecule has 0 saturated carbocycles. The van der Waals surface area contributed by atoms with Crippen LogP contribution in [0.15, 0.2) is 22.8 Å². The Morgan fingerprint density at radius 2 is 1.95 bits per heavy atom. The molecule has 0 saturated heterocycles. The summed E-state index contributed by atoms with van der Waals surface area (Å²) in [5, 5.41) is 0. The van der Waals surface area contributed by atoms with Gasteiger partial charge in [0.05, 0.1) is 22.0 Å². The van der Waals surface area contributed by atoms with Crippen molar-refractivity contribution in [1.29, 1.82) is 0 Å². The number of hydrogen-bond donors (Lipinski definition) is 1. The van der Waals surface area contributed by atoms with E-state index in [4.69, 9.17) is 9.15 Å². The number of rotatable bonds is 3. The molecule has 0 bridgehead atoms. The van der Waals surface area contributed by atoms with Crippen molar-refractivity contribution in [1.82, 2.24) is 4.72 Å². The monoisotopic (exact) mass is 297 g/mol. The van der Waals surface area contributed by atoms with Crippen LogP contribution in [-0.4, -0.2) is 14.6 Å². The number of hydrogen-bond acceptors (Lipinski definition) is 3. The highest BCUT2D eigenvalue weighted by Crippen LogP contribution is 2.17. The van der Waals surface area contributed by atoms with Crippen LogP contribution in [0.1, 0.15) is 53.3 Å². The lowest BCUT2D eigenvalue weighted by atomic mass is 10.2. The summed E-state index contributed by atoms with van der Waals surface area (Å²) in [7, 11) is -1.24. The van der Waals surface area contributed by atoms with Gasteiger partial charge in [0.15, 0.2) is 0 Å². The van der Waals surface area contributed by atoms with Crippen molar-refractivity contribution in [2.45, 2.75) is 57.9 Å². The van der Waals surface area contributed by atoms with Crippen LogP contribution >= 0.6 is 0 Å². The molecule has 0 aliphatic rings. The molecule has 5 heteroatoms. The van der Waals surface area contributed by atoms with Crippen molar-refractivity contribution in [3.63, 3.8) is 0 Å². The molecule has 1 aromatic heterocycles. The van der Waals surface area contributed by atoms with Crippen LogP contribution in [0.4, 0.5) is 0 Å². The van der Waals surface area contributed by atoms with Crippen molar-refractivity contribution in [3.8, 4) is 12.0 Å². The van der Waals surface area contributed by atoms with E-state index in [1.54, 1.807) is 18.4 Å². The smallest absolute Gasteiger partial charge is 0.142 e. The molecule has 0 spiro atoms. The number of nitrogens with one attached hydrogen (secondary N) is 1. The van der Waals surface area contributed by atoms with Crippen molar-refractivity contribution in [2.24, 2.45) is 0 Å². The first kappa shape index (κ1) is 16.8. The van der Waals surface area contributed by atoms with Gasteiger partial charge in [-0.25, -0.2) is 8.93 Å². The van der Waals surface area contributed by atoms with E-state index >= 15 is 0 Å². The number of furan rings is 1. The fourth-order valence-electron chi connectivity index (χ4n) is 1.14. The normalized spacial score (nSPS) is 15.1. The summed E-state index contributed by atoms with van der Waals surface area (Å²) < 4.78 is 25.5. The maximum Gasteiger partial charge on any atom is 0.142 e. The van der Waals surface area contributed by atoms with Crippen LogP contribution in [0.5, 0.6) is 0 Å². The highest BCUT2D eigenvalue weighted by Gasteiger charge is 2.24. The second kappa shape index (κ2) is 6.47. The van der Waals surface area contributed by atoms with E-state index in [1.807, 2.05) is 41.5 Å². The summed E-state index contributed by atoms with van der Waals surface area (Å²) in [6.45, 7) is 11.5. The second-order valence-corrected chi connectivity index (χ2v) is 8.41. The molecule has 112 valence electrons. The lowest BCUT2D eigenvalue weighted by Gasteiger charge is -2.20. The summed E-state index contributed by atoms with van der Waals surface area (Å²) >= 11 is 0. The molecule has 0 amide bonds. The largest absolute Gasteiger partial charge is 0.467 e. The van der Waals surface area contributed by atoms with Crippen LogP contribution in [0.3, 0.4) is 0 Å². The molecule has 1 heterocycles. The predicted molar refractivity (Wildman–Crippen MR) is 81.1 cm³/mol. The van der Waals surface area contributed by atoms with E-state index < -0.39 is 17.0 Å². The Bertz CT molecular complexity index is 498. The zero-order valence-corrected chi connectivity index (χ0v) is 13.8. The fourth-order valence-corrected chi connectivity index (χ4v) is 1.88. The Balaban J connectivity index is 2.85. The average Bonchev–Trinajstić information content (AvgIpc) is 2.77. The first-order chi connectivity index (χ1) is 9.09. The molecule has 20 heavy (non-hydrogen) atoms. The Kier molecular flexibility index (Phi) is 5.43. The van der Waals surface area contributed by atoms with E-state index in [-0.39, 0.29) is 10.3 Å². The Hall–Kier alpha value is -1.25. The van der Waals surface area contributed by atoms with Crippen molar-refractivity contribution >= 4 is 11.0 Å². The van der Waals surface area contributed by atoms with Gasteiger partial charge in [0.25, 0.3) is 0 Å². The third-order valence-electron chi connectivity index (χ3n) is 2.17. The molecule has 0 aliphatic heterocycles. The summed E-state index contributed by atoms with van der Waals surface area (Å²) in [5.74, 6) is 3.53. The molecular formula is C15H23NO3S. The topological polar surface area (TPSA) is 51.5 Å². The van der Waals surface area contributed by atoms with Crippen LogP contribution in [0.2, 0.25) is 0 Å². The first-order valence-electron chi connectivity index (χ1n) is 6.49. The average molecular weight is 297 g/mol. The van der Waals surface area contributed by atoms with E-state index in [9.17, 15) is 4.21 Å². The maximum atomic E-state index is 12.2. The third-order valence-corrected chi connectivity index (χ3v) is 3.73. The molecule has 0 fully saturated rings. The minimum atomic E-state index is -1.24. The summed E-state index contributed by atoms with van der Waals surface area (Å²) in [6.07, 6.45) is 4.23. The fraction of sp³-hybridized carbons (Fsp3) is 0.600. The quantitative estimate of drug-likeness (QED) is 0.872. The zero-order valence-electron chi connectivity index (χ0n) is 12.9. The third kappa shape index (κ3) is 5.81. The van der Waals surface area contributed by atoms with Gasteiger partial charge in [-0.3, -0.25) is 0 Å². The molecule has 0 aromatic carbocycles. The van der Waals surface area contributed by atoms with Gasteiger partial charge in [0, 0.05) is 0 Å². The molecular weight excluding hydrogens is 274 g/mol. The molecule has 2 atom stereocenters. The Morgan fingerprint density at radius 1 is 1.30 bits per heavy atom. The van der Waals surface area contributed by atoms with Gasteiger partial charge < -0.3 is 9.15 Å². The minimum Gasteiger partial charge on any atom is -0.467 e. The molecule has 1 aromatic rings. The van der Waals surface area contributed by atoms with Gasteiger partial charge in [0.1, 0.15) is 23.5 Å². The molecule has 1 N–H and O–H groups in total. The SMILES string of the molecule is CC(C)(C)OC#C[C@H](NS(=O)C(C)(C)C)c1ccco1. The van der Waals surface area contributed by atoms with Gasteiger partial charge in [-0.1, -0.05) is 0 Å².